The molecule has 3 N–H and O–H groups in total. The average Bonchev–Trinajstić information content (AvgIpc) is 2.28. The lowest BCUT2D eigenvalue weighted by Gasteiger charge is -2.22. The first kappa shape index (κ1) is 14.5. The molecule has 2 amide bonds. The lowest BCUT2D eigenvalue weighted by atomic mass is 10.0. The maximum absolute atomic E-state index is 11.9. The van der Waals surface area contributed by atoms with Gasteiger partial charge in [0.15, 0.2) is 0 Å². The van der Waals surface area contributed by atoms with Gasteiger partial charge in [0.25, 0.3) is 5.91 Å². The van der Waals surface area contributed by atoms with Crippen LogP contribution in [-0.2, 0) is 4.79 Å². The Morgan fingerprint density at radius 1 is 1.39 bits per heavy atom. The topological polar surface area (TPSA) is 81.4 Å². The van der Waals surface area contributed by atoms with E-state index in [-0.39, 0.29) is 5.91 Å². The van der Waals surface area contributed by atoms with Gasteiger partial charge in [0.1, 0.15) is 11.3 Å². The number of rotatable bonds is 4. The van der Waals surface area contributed by atoms with Gasteiger partial charge in [0, 0.05) is 5.56 Å². The largest absolute Gasteiger partial charge is 0.496 e. The highest BCUT2D eigenvalue weighted by molar-refractivity contribution is 9.10. The number of carbonyl (C=O) groups is 2. The Hall–Kier alpha value is -1.56. The normalized spacial score (nSPS) is 10.9. The standard InChI is InChI=1S/C12H15BrN2O3/c1-12(2,11(14)17)15-10(16)7-4-5-9(18-3)8(13)6-7/h4-6H,1-3H3,(H2,14,17)(H,15,16). The Morgan fingerprint density at radius 2 is 2.00 bits per heavy atom. The summed E-state index contributed by atoms with van der Waals surface area (Å²) in [6.45, 7) is 3.09. The number of hydrogen-bond acceptors (Lipinski definition) is 3. The van der Waals surface area contributed by atoms with E-state index in [4.69, 9.17) is 10.5 Å². The summed E-state index contributed by atoms with van der Waals surface area (Å²) in [5.74, 6) is -0.341. The predicted molar refractivity (Wildman–Crippen MR) is 71.4 cm³/mol. The van der Waals surface area contributed by atoms with Gasteiger partial charge in [-0.15, -0.1) is 0 Å². The third-order valence-corrected chi connectivity index (χ3v) is 3.08. The molecule has 0 aliphatic heterocycles. The van der Waals surface area contributed by atoms with Gasteiger partial charge in [-0.3, -0.25) is 9.59 Å². The molecular formula is C12H15BrN2O3. The van der Waals surface area contributed by atoms with E-state index in [0.29, 0.717) is 15.8 Å². The number of amides is 2. The number of nitrogens with two attached hydrogens (primary N) is 1. The van der Waals surface area contributed by atoms with E-state index in [9.17, 15) is 9.59 Å². The zero-order chi connectivity index (χ0) is 13.9. The highest BCUT2D eigenvalue weighted by Crippen LogP contribution is 2.25. The Balaban J connectivity index is 2.92. The smallest absolute Gasteiger partial charge is 0.252 e. The zero-order valence-electron chi connectivity index (χ0n) is 10.4. The molecule has 0 atom stereocenters. The van der Waals surface area contributed by atoms with Crippen LogP contribution in [-0.4, -0.2) is 24.5 Å². The summed E-state index contributed by atoms with van der Waals surface area (Å²) < 4.78 is 5.73. The summed E-state index contributed by atoms with van der Waals surface area (Å²) in [7, 11) is 1.54. The van der Waals surface area contributed by atoms with Crippen molar-refractivity contribution in [3.8, 4) is 5.75 Å². The van der Waals surface area contributed by atoms with Crippen LogP contribution < -0.4 is 15.8 Å². The van der Waals surface area contributed by atoms with Gasteiger partial charge in [0.05, 0.1) is 11.6 Å². The molecule has 0 saturated heterocycles. The van der Waals surface area contributed by atoms with Crippen LogP contribution in [0.1, 0.15) is 24.2 Å². The summed E-state index contributed by atoms with van der Waals surface area (Å²) in [4.78, 5) is 23.1. The van der Waals surface area contributed by atoms with E-state index in [2.05, 4.69) is 21.2 Å². The highest BCUT2D eigenvalue weighted by atomic mass is 79.9. The maximum atomic E-state index is 11.9. The number of nitrogens with one attached hydrogen (secondary N) is 1. The number of hydrogen-bond donors (Lipinski definition) is 2. The molecule has 0 aliphatic rings. The van der Waals surface area contributed by atoms with Gasteiger partial charge in [-0.2, -0.15) is 0 Å². The molecule has 0 radical (unpaired) electrons. The van der Waals surface area contributed by atoms with Gasteiger partial charge < -0.3 is 15.8 Å². The molecular weight excluding hydrogens is 300 g/mol. The second kappa shape index (κ2) is 5.39. The summed E-state index contributed by atoms with van der Waals surface area (Å²) in [6.07, 6.45) is 0. The van der Waals surface area contributed by atoms with Crippen LogP contribution in [0.4, 0.5) is 0 Å². The third-order valence-electron chi connectivity index (χ3n) is 2.46. The van der Waals surface area contributed by atoms with Crippen molar-refractivity contribution < 1.29 is 14.3 Å². The Morgan fingerprint density at radius 3 is 2.44 bits per heavy atom. The van der Waals surface area contributed by atoms with E-state index in [0.717, 1.165) is 0 Å². The van der Waals surface area contributed by atoms with Gasteiger partial charge in [-0.25, -0.2) is 0 Å². The van der Waals surface area contributed by atoms with E-state index in [1.807, 2.05) is 0 Å². The molecule has 0 bridgehead atoms. The SMILES string of the molecule is COc1ccc(C(=O)NC(C)(C)C(N)=O)cc1Br. The Bertz CT molecular complexity index is 486. The van der Waals surface area contributed by atoms with Crippen molar-refractivity contribution in [1.29, 1.82) is 0 Å². The van der Waals surface area contributed by atoms with Crippen LogP contribution in [0.5, 0.6) is 5.75 Å². The first-order chi connectivity index (χ1) is 8.27. The van der Waals surface area contributed by atoms with Crippen molar-refractivity contribution in [2.45, 2.75) is 19.4 Å². The fourth-order valence-corrected chi connectivity index (χ4v) is 1.77. The third kappa shape index (κ3) is 3.22. The number of methoxy groups -OCH3 is 1. The number of primary amides is 1. The molecule has 5 nitrogen and oxygen atoms in total. The van der Waals surface area contributed by atoms with Crippen molar-refractivity contribution in [1.82, 2.24) is 5.32 Å². The van der Waals surface area contributed by atoms with Crippen LogP contribution in [0.2, 0.25) is 0 Å². The Kier molecular flexibility index (Phi) is 4.34. The number of halogens is 1. The number of carbonyl (C=O) groups excluding carboxylic acids is 2. The number of benzene rings is 1. The van der Waals surface area contributed by atoms with Crippen molar-refractivity contribution in [3.05, 3.63) is 28.2 Å². The van der Waals surface area contributed by atoms with Gasteiger partial charge in [0.2, 0.25) is 5.91 Å². The molecule has 0 heterocycles. The molecule has 98 valence electrons. The van der Waals surface area contributed by atoms with Crippen molar-refractivity contribution >= 4 is 27.7 Å². The molecule has 0 fully saturated rings. The highest BCUT2D eigenvalue weighted by Gasteiger charge is 2.27. The molecule has 0 aromatic heterocycles. The first-order valence-corrected chi connectivity index (χ1v) is 6.03. The molecule has 0 aliphatic carbocycles. The van der Waals surface area contributed by atoms with E-state index in [1.165, 1.54) is 7.11 Å². The lowest BCUT2D eigenvalue weighted by molar-refractivity contribution is -0.122. The van der Waals surface area contributed by atoms with Crippen LogP contribution in [0.3, 0.4) is 0 Å². The van der Waals surface area contributed by atoms with E-state index >= 15 is 0 Å². The first-order valence-electron chi connectivity index (χ1n) is 5.24. The predicted octanol–water partition coefficient (Wildman–Crippen LogP) is 1.45. The van der Waals surface area contributed by atoms with Crippen LogP contribution in [0, 0.1) is 0 Å². The fraction of sp³-hybridized carbons (Fsp3) is 0.333. The van der Waals surface area contributed by atoms with Crippen molar-refractivity contribution in [2.75, 3.05) is 7.11 Å². The molecule has 0 spiro atoms. The number of ether oxygens (including phenoxy) is 1. The Labute approximate surface area is 114 Å². The second-order valence-corrected chi connectivity index (χ2v) is 5.15. The van der Waals surface area contributed by atoms with Gasteiger partial charge >= 0.3 is 0 Å². The van der Waals surface area contributed by atoms with E-state index < -0.39 is 11.4 Å². The molecule has 0 saturated carbocycles. The lowest BCUT2D eigenvalue weighted by Crippen LogP contribution is -2.53. The molecule has 1 rings (SSSR count). The van der Waals surface area contributed by atoms with E-state index in [1.54, 1.807) is 32.0 Å². The molecule has 18 heavy (non-hydrogen) atoms. The minimum Gasteiger partial charge on any atom is -0.496 e. The molecule has 0 unspecified atom stereocenters. The summed E-state index contributed by atoms with van der Waals surface area (Å²) in [5, 5.41) is 2.56. The van der Waals surface area contributed by atoms with Crippen LogP contribution in [0.25, 0.3) is 0 Å². The zero-order valence-corrected chi connectivity index (χ0v) is 12.0. The monoisotopic (exact) mass is 314 g/mol. The molecule has 6 heteroatoms. The van der Waals surface area contributed by atoms with Gasteiger partial charge in [-0.1, -0.05) is 0 Å². The quantitative estimate of drug-likeness (QED) is 0.882. The minimum atomic E-state index is -1.09. The summed E-state index contributed by atoms with van der Waals surface area (Å²) in [6, 6.07) is 4.89. The molecule has 1 aromatic rings. The van der Waals surface area contributed by atoms with Gasteiger partial charge in [-0.05, 0) is 48.0 Å². The fourth-order valence-electron chi connectivity index (χ4n) is 1.23. The second-order valence-electron chi connectivity index (χ2n) is 4.29. The van der Waals surface area contributed by atoms with Crippen LogP contribution in [0.15, 0.2) is 22.7 Å². The van der Waals surface area contributed by atoms with Crippen molar-refractivity contribution in [3.63, 3.8) is 0 Å². The summed E-state index contributed by atoms with van der Waals surface area (Å²) >= 11 is 3.29. The minimum absolute atomic E-state index is 0.373. The average molecular weight is 315 g/mol. The maximum Gasteiger partial charge on any atom is 0.252 e. The van der Waals surface area contributed by atoms with Crippen LogP contribution >= 0.6 is 15.9 Å². The van der Waals surface area contributed by atoms with Crippen molar-refractivity contribution in [2.24, 2.45) is 5.73 Å². The summed E-state index contributed by atoms with van der Waals surface area (Å²) in [5.41, 5.74) is 4.51. The molecule has 1 aromatic carbocycles.